The Kier molecular flexibility index (Phi) is 9.86. The molecule has 2 unspecified atom stereocenters. The van der Waals surface area contributed by atoms with E-state index in [1.54, 1.807) is 0 Å². The van der Waals surface area contributed by atoms with Crippen molar-refractivity contribution < 1.29 is 36.2 Å². The fourth-order valence-electron chi connectivity index (χ4n) is 5.18. The number of hydrogen-bond donors (Lipinski definition) is 0. The summed E-state index contributed by atoms with van der Waals surface area (Å²) < 4.78 is 87.3. The second-order valence-corrected chi connectivity index (χ2v) is 9.67. The highest BCUT2D eigenvalue weighted by Gasteiger charge is 2.46. The van der Waals surface area contributed by atoms with Crippen molar-refractivity contribution in [2.24, 2.45) is 17.8 Å². The summed E-state index contributed by atoms with van der Waals surface area (Å²) in [4.78, 5) is 0. The van der Waals surface area contributed by atoms with Gasteiger partial charge in [0.25, 0.3) is 6.43 Å². The Balaban J connectivity index is 1.60. The number of benzene rings is 1. The molecule has 0 spiro atoms. The molecule has 3 nitrogen and oxygen atoms in total. The molecule has 2 atom stereocenters. The largest absolute Gasteiger partial charge is 0.491 e. The van der Waals surface area contributed by atoms with E-state index in [0.29, 0.717) is 18.8 Å². The molecule has 2 fully saturated rings. The molecule has 3 rings (SSSR count). The van der Waals surface area contributed by atoms with Crippen LogP contribution in [0.15, 0.2) is 12.1 Å². The van der Waals surface area contributed by atoms with Gasteiger partial charge < -0.3 is 14.2 Å². The van der Waals surface area contributed by atoms with Crippen LogP contribution in [0.5, 0.6) is 11.5 Å². The number of alkyl halides is 4. The maximum atomic E-state index is 14.9. The summed E-state index contributed by atoms with van der Waals surface area (Å²) in [6.07, 6.45) is 1.72. The van der Waals surface area contributed by atoms with Crippen molar-refractivity contribution in [3.8, 4) is 11.5 Å². The highest BCUT2D eigenvalue weighted by atomic mass is 19.3. The quantitative estimate of drug-likeness (QED) is 0.230. The monoisotopic (exact) mass is 492 g/mol. The Morgan fingerprint density at radius 1 is 1.00 bits per heavy atom. The number of rotatable bonds is 11. The van der Waals surface area contributed by atoms with Gasteiger partial charge in [-0.15, -0.1) is 0 Å². The van der Waals surface area contributed by atoms with Gasteiger partial charge in [0.05, 0.1) is 30.8 Å². The smallest absolute Gasteiger partial charge is 0.402 e. The third-order valence-electron chi connectivity index (χ3n) is 7.22. The van der Waals surface area contributed by atoms with Gasteiger partial charge in [-0.3, -0.25) is 0 Å². The fraction of sp³-hybridized carbons (Fsp3) is 0.769. The van der Waals surface area contributed by atoms with Crippen molar-refractivity contribution >= 4 is 0 Å². The lowest BCUT2D eigenvalue weighted by molar-refractivity contribution is -0.244. The summed E-state index contributed by atoms with van der Waals surface area (Å²) >= 11 is 0. The minimum absolute atomic E-state index is 0.0525. The molecule has 0 N–H and O–H groups in total. The molecule has 1 saturated carbocycles. The molecule has 1 heterocycles. The standard InChI is InChI=1S/C26H37F5O3/c1-3-5-15-32-22-14-13-21(23(24(22)27)25(28)29)34-26(30,31)19-11-12-20(33-16-19)18-9-7-17(6-4-2)8-10-18/h13-14,17-20,25H,3-12,15-16H2,1-2H3. The lowest BCUT2D eigenvalue weighted by Gasteiger charge is -2.39. The summed E-state index contributed by atoms with van der Waals surface area (Å²) in [7, 11) is 0. The zero-order chi connectivity index (χ0) is 24.7. The molecule has 0 radical (unpaired) electrons. The van der Waals surface area contributed by atoms with Gasteiger partial charge in [-0.05, 0) is 56.1 Å². The predicted octanol–water partition coefficient (Wildman–Crippen LogP) is 8.32. The maximum Gasteiger partial charge on any atom is 0.402 e. The minimum atomic E-state index is -3.76. The Morgan fingerprint density at radius 3 is 2.29 bits per heavy atom. The Bertz CT molecular complexity index is 757. The van der Waals surface area contributed by atoms with E-state index < -0.39 is 41.3 Å². The van der Waals surface area contributed by atoms with Gasteiger partial charge in [-0.2, -0.15) is 8.78 Å². The highest BCUT2D eigenvalue weighted by Crippen LogP contribution is 2.43. The normalized spacial score (nSPS) is 26.0. The number of hydrogen-bond acceptors (Lipinski definition) is 3. The molecule has 0 aromatic heterocycles. The zero-order valence-electron chi connectivity index (χ0n) is 20.1. The minimum Gasteiger partial charge on any atom is -0.491 e. The van der Waals surface area contributed by atoms with Crippen LogP contribution in [0.25, 0.3) is 0 Å². The average molecular weight is 493 g/mol. The second-order valence-electron chi connectivity index (χ2n) is 9.67. The first-order valence-corrected chi connectivity index (χ1v) is 12.7. The third kappa shape index (κ3) is 6.76. The summed E-state index contributed by atoms with van der Waals surface area (Å²) in [6, 6.07) is 1.99. The van der Waals surface area contributed by atoms with Crippen molar-refractivity contribution in [2.45, 2.75) is 96.7 Å². The number of ether oxygens (including phenoxy) is 3. The van der Waals surface area contributed by atoms with E-state index in [-0.39, 0.29) is 25.7 Å². The molecule has 194 valence electrons. The first kappa shape index (κ1) is 27.0. The molecule has 2 aliphatic rings. The molecule has 1 aliphatic heterocycles. The van der Waals surface area contributed by atoms with Crippen LogP contribution in [0, 0.1) is 23.6 Å². The molecule has 1 aromatic rings. The van der Waals surface area contributed by atoms with Gasteiger partial charge in [-0.25, -0.2) is 13.2 Å². The third-order valence-corrected chi connectivity index (χ3v) is 7.22. The van der Waals surface area contributed by atoms with Gasteiger partial charge in [0, 0.05) is 0 Å². The van der Waals surface area contributed by atoms with E-state index in [2.05, 4.69) is 6.92 Å². The zero-order valence-corrected chi connectivity index (χ0v) is 20.1. The Labute approximate surface area is 199 Å². The average Bonchev–Trinajstić information content (AvgIpc) is 2.81. The van der Waals surface area contributed by atoms with Crippen molar-refractivity contribution in [3.63, 3.8) is 0 Å². The second kappa shape index (κ2) is 12.4. The predicted molar refractivity (Wildman–Crippen MR) is 120 cm³/mol. The van der Waals surface area contributed by atoms with E-state index in [0.717, 1.165) is 50.2 Å². The van der Waals surface area contributed by atoms with Gasteiger partial charge in [0.2, 0.25) is 0 Å². The van der Waals surface area contributed by atoms with Crippen LogP contribution in [0.2, 0.25) is 0 Å². The molecule has 0 amide bonds. The van der Waals surface area contributed by atoms with Gasteiger partial charge in [0.15, 0.2) is 11.6 Å². The van der Waals surface area contributed by atoms with Crippen molar-refractivity contribution in [3.05, 3.63) is 23.5 Å². The van der Waals surface area contributed by atoms with Crippen LogP contribution in [-0.4, -0.2) is 25.4 Å². The van der Waals surface area contributed by atoms with Crippen molar-refractivity contribution in [1.82, 2.24) is 0 Å². The van der Waals surface area contributed by atoms with Gasteiger partial charge in [-0.1, -0.05) is 46.0 Å². The summed E-state index contributed by atoms with van der Waals surface area (Å²) in [5.74, 6) is -2.77. The van der Waals surface area contributed by atoms with Crippen LogP contribution < -0.4 is 9.47 Å². The molecular formula is C26H37F5O3. The molecule has 8 heteroatoms. The summed E-state index contributed by atoms with van der Waals surface area (Å²) in [5, 5.41) is 0. The van der Waals surface area contributed by atoms with E-state index in [1.807, 2.05) is 6.92 Å². The molecule has 1 saturated heterocycles. The first-order valence-electron chi connectivity index (χ1n) is 12.7. The lowest BCUT2D eigenvalue weighted by Crippen LogP contribution is -2.43. The molecule has 34 heavy (non-hydrogen) atoms. The molecule has 0 bridgehead atoms. The lowest BCUT2D eigenvalue weighted by atomic mass is 9.76. The number of halogens is 5. The highest BCUT2D eigenvalue weighted by molar-refractivity contribution is 5.43. The van der Waals surface area contributed by atoms with Crippen molar-refractivity contribution in [2.75, 3.05) is 13.2 Å². The van der Waals surface area contributed by atoms with Gasteiger partial charge in [0.1, 0.15) is 5.75 Å². The van der Waals surface area contributed by atoms with Crippen molar-refractivity contribution in [1.29, 1.82) is 0 Å². The van der Waals surface area contributed by atoms with E-state index in [9.17, 15) is 22.0 Å². The van der Waals surface area contributed by atoms with E-state index >= 15 is 0 Å². The Morgan fingerprint density at radius 2 is 1.71 bits per heavy atom. The SMILES string of the molecule is CCCCOc1ccc(OC(F)(F)C2CCC(C3CCC(CCC)CC3)OC2)c(C(F)F)c1F. The van der Waals surface area contributed by atoms with Gasteiger partial charge >= 0.3 is 6.11 Å². The van der Waals surface area contributed by atoms with E-state index in [4.69, 9.17) is 14.2 Å². The Hall–Kier alpha value is -1.57. The van der Waals surface area contributed by atoms with Crippen LogP contribution in [0.1, 0.15) is 90.0 Å². The topological polar surface area (TPSA) is 27.7 Å². The molecule has 1 aromatic carbocycles. The first-order chi connectivity index (χ1) is 16.3. The fourth-order valence-corrected chi connectivity index (χ4v) is 5.18. The maximum absolute atomic E-state index is 14.9. The van der Waals surface area contributed by atoms with Crippen LogP contribution in [-0.2, 0) is 4.74 Å². The van der Waals surface area contributed by atoms with Crippen LogP contribution in [0.3, 0.4) is 0 Å². The van der Waals surface area contributed by atoms with E-state index in [1.165, 1.54) is 12.8 Å². The summed E-state index contributed by atoms with van der Waals surface area (Å²) in [6.45, 7) is 4.02. The summed E-state index contributed by atoms with van der Waals surface area (Å²) in [5.41, 5.74) is -1.20. The van der Waals surface area contributed by atoms with Crippen LogP contribution >= 0.6 is 0 Å². The molecular weight excluding hydrogens is 455 g/mol. The molecule has 1 aliphatic carbocycles. The van der Waals surface area contributed by atoms with Crippen LogP contribution in [0.4, 0.5) is 22.0 Å². The number of unbranched alkanes of at least 4 members (excludes halogenated alkanes) is 1.